The Balaban J connectivity index is 1.73. The molecule has 0 aliphatic carbocycles. The van der Waals surface area contributed by atoms with Gasteiger partial charge in [-0.3, -0.25) is 19.3 Å². The smallest absolute Gasteiger partial charge is 0.293 e. The van der Waals surface area contributed by atoms with Crippen LogP contribution in [0.1, 0.15) is 38.8 Å². The van der Waals surface area contributed by atoms with E-state index in [-0.39, 0.29) is 5.78 Å². The number of aryl methyl sites for hydroxylation is 3. The van der Waals surface area contributed by atoms with Crippen LogP contribution in [0.25, 0.3) is 11.1 Å². The molecule has 30 heavy (non-hydrogen) atoms. The monoisotopic (exact) mass is 397 g/mol. The van der Waals surface area contributed by atoms with Gasteiger partial charge in [0.15, 0.2) is 11.6 Å². The van der Waals surface area contributed by atoms with Gasteiger partial charge in [-0.25, -0.2) is 0 Å². The fraction of sp³-hybridized carbons (Fsp3) is 0.208. The largest absolute Gasteiger partial charge is 0.297 e. The highest BCUT2D eigenvalue weighted by molar-refractivity contribution is 6.49. The van der Waals surface area contributed by atoms with Crippen molar-refractivity contribution < 1.29 is 14.4 Å². The SMILES string of the molecule is Cc1ccc(C(=O)C2C(=O)C(=O)N3c4nnc(C)cc4-c4cc(C)ccc4C23)cc1. The van der Waals surface area contributed by atoms with Gasteiger partial charge in [0.25, 0.3) is 5.91 Å². The summed E-state index contributed by atoms with van der Waals surface area (Å²) in [5, 5.41) is 8.35. The van der Waals surface area contributed by atoms with E-state index in [4.69, 9.17) is 0 Å². The summed E-state index contributed by atoms with van der Waals surface area (Å²) in [5.74, 6) is -2.54. The second-order valence-electron chi connectivity index (χ2n) is 8.01. The van der Waals surface area contributed by atoms with Crippen LogP contribution in [0.5, 0.6) is 0 Å². The molecule has 0 radical (unpaired) electrons. The molecule has 1 fully saturated rings. The van der Waals surface area contributed by atoms with Crippen molar-refractivity contribution in [3.63, 3.8) is 0 Å². The van der Waals surface area contributed by atoms with Gasteiger partial charge in [0.2, 0.25) is 5.78 Å². The van der Waals surface area contributed by atoms with Gasteiger partial charge in [-0.2, -0.15) is 5.10 Å². The van der Waals surface area contributed by atoms with Gasteiger partial charge in [-0.05, 0) is 38.0 Å². The number of aromatic nitrogens is 2. The zero-order valence-corrected chi connectivity index (χ0v) is 16.8. The average molecular weight is 397 g/mol. The number of ketones is 2. The van der Waals surface area contributed by atoms with E-state index < -0.39 is 23.7 Å². The summed E-state index contributed by atoms with van der Waals surface area (Å²) in [4.78, 5) is 40.8. The lowest BCUT2D eigenvalue weighted by Gasteiger charge is -2.33. The maximum atomic E-state index is 13.4. The Hall–Kier alpha value is -3.67. The predicted octanol–water partition coefficient (Wildman–Crippen LogP) is 3.54. The molecule has 0 N–H and O–H groups in total. The van der Waals surface area contributed by atoms with E-state index in [2.05, 4.69) is 10.2 Å². The lowest BCUT2D eigenvalue weighted by atomic mass is 9.81. The number of rotatable bonds is 2. The van der Waals surface area contributed by atoms with Crippen LogP contribution in [0.15, 0.2) is 48.5 Å². The number of fused-ring (bicyclic) bond motifs is 6. The summed E-state index contributed by atoms with van der Waals surface area (Å²) in [5.41, 5.74) is 5.60. The lowest BCUT2D eigenvalue weighted by Crippen LogP contribution is -2.34. The normalized spacial score (nSPS) is 19.4. The van der Waals surface area contributed by atoms with E-state index in [1.54, 1.807) is 12.1 Å². The number of hydrogen-bond donors (Lipinski definition) is 0. The fourth-order valence-corrected chi connectivity index (χ4v) is 4.40. The minimum atomic E-state index is -1.11. The third-order valence-corrected chi connectivity index (χ3v) is 5.87. The van der Waals surface area contributed by atoms with E-state index in [0.29, 0.717) is 17.1 Å². The van der Waals surface area contributed by atoms with Crippen molar-refractivity contribution in [1.29, 1.82) is 0 Å². The topological polar surface area (TPSA) is 80.2 Å². The van der Waals surface area contributed by atoms with Gasteiger partial charge >= 0.3 is 0 Å². The molecule has 2 aliphatic rings. The molecule has 2 aliphatic heterocycles. The molecule has 6 heteroatoms. The van der Waals surface area contributed by atoms with Crippen LogP contribution in [0, 0.1) is 26.7 Å². The number of nitrogens with zero attached hydrogens (tertiary/aromatic N) is 3. The minimum Gasteiger partial charge on any atom is -0.293 e. The van der Waals surface area contributed by atoms with Crippen molar-refractivity contribution in [2.45, 2.75) is 26.8 Å². The molecule has 1 saturated heterocycles. The maximum absolute atomic E-state index is 13.4. The standard InChI is InChI=1S/C24H19N3O3/c1-12-4-7-15(8-5-12)21(28)19-20-16-9-6-13(2)10-17(16)18-11-14(3)25-26-23(18)27(20)24(30)22(19)29/h4-11,19-20H,1-3H3. The fourth-order valence-electron chi connectivity index (χ4n) is 4.40. The van der Waals surface area contributed by atoms with Crippen molar-refractivity contribution in [2.75, 3.05) is 4.90 Å². The summed E-state index contributed by atoms with van der Waals surface area (Å²) in [6, 6.07) is 14.0. The first-order valence-corrected chi connectivity index (χ1v) is 9.80. The molecule has 2 atom stereocenters. The first-order chi connectivity index (χ1) is 14.4. The van der Waals surface area contributed by atoms with Crippen LogP contribution in [0.3, 0.4) is 0 Å². The van der Waals surface area contributed by atoms with Gasteiger partial charge < -0.3 is 0 Å². The molecule has 2 aromatic carbocycles. The highest BCUT2D eigenvalue weighted by atomic mass is 16.2. The molecule has 2 unspecified atom stereocenters. The molecular weight excluding hydrogens is 378 g/mol. The molecule has 3 aromatic rings. The van der Waals surface area contributed by atoms with E-state index in [1.165, 1.54) is 4.90 Å². The van der Waals surface area contributed by atoms with Crippen LogP contribution in [-0.4, -0.2) is 27.7 Å². The van der Waals surface area contributed by atoms with Gasteiger partial charge in [-0.1, -0.05) is 53.6 Å². The summed E-state index contributed by atoms with van der Waals surface area (Å²) in [6.45, 7) is 5.74. The maximum Gasteiger partial charge on any atom is 0.297 e. The number of hydrogen-bond acceptors (Lipinski definition) is 5. The van der Waals surface area contributed by atoms with Crippen LogP contribution in [-0.2, 0) is 9.59 Å². The number of Topliss-reactive ketones (excluding diaryl/α,β-unsaturated/α-hetero) is 2. The number of amides is 1. The van der Waals surface area contributed by atoms with Crippen LogP contribution in [0.2, 0.25) is 0 Å². The highest BCUT2D eigenvalue weighted by Gasteiger charge is 2.55. The van der Waals surface area contributed by atoms with E-state index >= 15 is 0 Å². The van der Waals surface area contributed by atoms with Crippen molar-refractivity contribution in [1.82, 2.24) is 10.2 Å². The van der Waals surface area contributed by atoms with Crippen molar-refractivity contribution in [3.8, 4) is 11.1 Å². The van der Waals surface area contributed by atoms with Gasteiger partial charge in [0.05, 0.1) is 11.7 Å². The quantitative estimate of drug-likeness (QED) is 0.375. The Morgan fingerprint density at radius 3 is 2.30 bits per heavy atom. The molecule has 0 spiro atoms. The molecule has 148 valence electrons. The summed E-state index contributed by atoms with van der Waals surface area (Å²) >= 11 is 0. The van der Waals surface area contributed by atoms with E-state index in [0.717, 1.165) is 27.8 Å². The van der Waals surface area contributed by atoms with Crippen molar-refractivity contribution in [2.24, 2.45) is 5.92 Å². The second-order valence-corrected chi connectivity index (χ2v) is 8.01. The first-order valence-electron chi connectivity index (χ1n) is 9.80. The number of benzene rings is 2. The zero-order valence-electron chi connectivity index (χ0n) is 16.8. The van der Waals surface area contributed by atoms with E-state index in [9.17, 15) is 14.4 Å². The van der Waals surface area contributed by atoms with E-state index in [1.807, 2.05) is 57.2 Å². The highest BCUT2D eigenvalue weighted by Crippen LogP contribution is 2.50. The Morgan fingerprint density at radius 2 is 1.57 bits per heavy atom. The minimum absolute atomic E-state index is 0.334. The second kappa shape index (κ2) is 6.42. The Kier molecular flexibility index (Phi) is 3.93. The lowest BCUT2D eigenvalue weighted by molar-refractivity contribution is -0.135. The Morgan fingerprint density at radius 1 is 0.867 bits per heavy atom. The number of anilines is 1. The summed E-state index contributed by atoms with van der Waals surface area (Å²) in [7, 11) is 0. The van der Waals surface area contributed by atoms with Gasteiger partial charge in [0.1, 0.15) is 5.92 Å². The molecule has 0 bridgehead atoms. The average Bonchev–Trinajstić information content (AvgIpc) is 2.99. The predicted molar refractivity (Wildman–Crippen MR) is 111 cm³/mol. The number of carbonyl (C=O) groups excluding carboxylic acids is 3. The van der Waals surface area contributed by atoms with Gasteiger partial charge in [0, 0.05) is 11.1 Å². The summed E-state index contributed by atoms with van der Waals surface area (Å²) < 4.78 is 0. The third-order valence-electron chi connectivity index (χ3n) is 5.87. The molecular formula is C24H19N3O3. The zero-order chi connectivity index (χ0) is 21.2. The molecule has 3 heterocycles. The molecule has 0 saturated carbocycles. The summed E-state index contributed by atoms with van der Waals surface area (Å²) in [6.07, 6.45) is 0. The van der Waals surface area contributed by atoms with Crippen LogP contribution < -0.4 is 4.90 Å². The third kappa shape index (κ3) is 2.53. The molecule has 6 nitrogen and oxygen atoms in total. The number of carbonyl (C=O) groups is 3. The molecule has 1 amide bonds. The van der Waals surface area contributed by atoms with Gasteiger partial charge in [-0.15, -0.1) is 5.10 Å². The Bertz CT molecular complexity index is 1250. The van der Waals surface area contributed by atoms with Crippen LogP contribution in [0.4, 0.5) is 5.82 Å². The van der Waals surface area contributed by atoms with Crippen molar-refractivity contribution in [3.05, 3.63) is 76.5 Å². The Labute approximate surface area is 173 Å². The first kappa shape index (κ1) is 18.4. The van der Waals surface area contributed by atoms with Crippen LogP contribution >= 0.6 is 0 Å². The molecule has 5 rings (SSSR count). The molecule has 1 aromatic heterocycles. The van der Waals surface area contributed by atoms with Crippen molar-refractivity contribution >= 4 is 23.3 Å².